The van der Waals surface area contributed by atoms with Crippen molar-refractivity contribution >= 4 is 38.4 Å². The van der Waals surface area contributed by atoms with Gasteiger partial charge in [-0.1, -0.05) is 53.8 Å². The molecule has 0 N–H and O–H groups in total. The smallest absolute Gasteiger partial charge is 0.191 e. The lowest BCUT2D eigenvalue weighted by atomic mass is 10.1. The molecule has 0 aliphatic carbocycles. The van der Waals surface area contributed by atoms with Gasteiger partial charge in [0, 0.05) is 6.54 Å². The largest absolute Gasteiger partial charge is 0.313 e. The number of hydrogen-bond acceptors (Lipinski definition) is 3. The fraction of sp³-hybridized carbons (Fsp3) is 0.0625. The third-order valence-corrected chi connectivity index (χ3v) is 4.39. The van der Waals surface area contributed by atoms with Crippen molar-refractivity contribution in [2.75, 3.05) is 11.4 Å². The summed E-state index contributed by atoms with van der Waals surface area (Å²) in [5.41, 5.74) is 3.58. The van der Waals surface area contributed by atoms with E-state index in [9.17, 15) is 0 Å². The van der Waals surface area contributed by atoms with Crippen molar-refractivity contribution < 1.29 is 0 Å². The Labute approximate surface area is 115 Å². The van der Waals surface area contributed by atoms with Crippen LogP contribution >= 0.6 is 11.3 Å². The summed E-state index contributed by atoms with van der Waals surface area (Å²) in [5, 5.41) is 1.07. The Balaban J connectivity index is 1.86. The third-order valence-electron chi connectivity index (χ3n) is 3.33. The van der Waals surface area contributed by atoms with E-state index in [0.717, 1.165) is 17.2 Å². The van der Waals surface area contributed by atoms with Crippen LogP contribution in [0.1, 0.15) is 5.56 Å². The summed E-state index contributed by atoms with van der Waals surface area (Å²) < 4.78 is 1.24. The summed E-state index contributed by atoms with van der Waals surface area (Å²) in [6.07, 6.45) is 4.37. The highest BCUT2D eigenvalue weighted by molar-refractivity contribution is 7.22. The van der Waals surface area contributed by atoms with Crippen molar-refractivity contribution in [3.05, 3.63) is 60.2 Å². The van der Waals surface area contributed by atoms with Gasteiger partial charge in [-0.3, -0.25) is 0 Å². The fourth-order valence-electron chi connectivity index (χ4n) is 2.41. The molecule has 2 nitrogen and oxygen atoms in total. The minimum Gasteiger partial charge on any atom is -0.313 e. The normalized spacial score (nSPS) is 13.8. The first-order valence-corrected chi connectivity index (χ1v) is 7.12. The van der Waals surface area contributed by atoms with Crippen LogP contribution < -0.4 is 4.90 Å². The van der Waals surface area contributed by atoms with Crippen LogP contribution in [0.15, 0.2) is 54.6 Å². The summed E-state index contributed by atoms with van der Waals surface area (Å²) in [6, 6.07) is 16.8. The lowest BCUT2D eigenvalue weighted by Crippen LogP contribution is -2.19. The number of hydrogen-bond donors (Lipinski definition) is 0. The standard InChI is InChI=1S/C16H12N2S/c1-3-9-14-12(6-1)7-5-11-18(14)16-17-13-8-2-4-10-15(13)19-16/h1-10H,11H2. The van der Waals surface area contributed by atoms with Gasteiger partial charge in [-0.25, -0.2) is 4.98 Å². The van der Waals surface area contributed by atoms with Crippen molar-refractivity contribution in [1.29, 1.82) is 0 Å². The maximum atomic E-state index is 4.75. The van der Waals surface area contributed by atoms with E-state index < -0.39 is 0 Å². The molecule has 0 unspecified atom stereocenters. The van der Waals surface area contributed by atoms with E-state index in [1.807, 2.05) is 6.07 Å². The van der Waals surface area contributed by atoms with Gasteiger partial charge in [-0.05, 0) is 23.8 Å². The van der Waals surface area contributed by atoms with Crippen molar-refractivity contribution in [1.82, 2.24) is 4.98 Å². The van der Waals surface area contributed by atoms with E-state index in [-0.39, 0.29) is 0 Å². The van der Waals surface area contributed by atoms with Crippen LogP contribution in [0.3, 0.4) is 0 Å². The van der Waals surface area contributed by atoms with E-state index >= 15 is 0 Å². The third kappa shape index (κ3) is 1.74. The molecule has 0 atom stereocenters. The topological polar surface area (TPSA) is 16.1 Å². The predicted molar refractivity (Wildman–Crippen MR) is 82.1 cm³/mol. The molecule has 3 heteroatoms. The van der Waals surface area contributed by atoms with Crippen LogP contribution in [0, 0.1) is 0 Å². The predicted octanol–water partition coefficient (Wildman–Crippen LogP) is 4.46. The van der Waals surface area contributed by atoms with E-state index in [0.29, 0.717) is 0 Å². The second-order valence-electron chi connectivity index (χ2n) is 4.54. The van der Waals surface area contributed by atoms with Crippen molar-refractivity contribution in [3.63, 3.8) is 0 Å². The van der Waals surface area contributed by atoms with Gasteiger partial charge in [-0.2, -0.15) is 0 Å². The first-order chi connectivity index (χ1) is 9.42. The Morgan fingerprint density at radius 1 is 1.00 bits per heavy atom. The zero-order chi connectivity index (χ0) is 12.7. The highest BCUT2D eigenvalue weighted by atomic mass is 32.1. The number of benzene rings is 2. The molecule has 1 aromatic heterocycles. The molecule has 3 aromatic rings. The van der Waals surface area contributed by atoms with Crippen LogP contribution in [0.5, 0.6) is 0 Å². The van der Waals surface area contributed by atoms with Gasteiger partial charge in [0.15, 0.2) is 5.13 Å². The SMILES string of the molecule is C1=Cc2ccccc2N(c2nc3ccccc3s2)C1. The molecule has 92 valence electrons. The Hall–Kier alpha value is -2.13. The van der Waals surface area contributed by atoms with Crippen LogP contribution in [-0.2, 0) is 0 Å². The molecule has 4 rings (SSSR count). The zero-order valence-electron chi connectivity index (χ0n) is 10.3. The van der Waals surface area contributed by atoms with E-state index in [1.165, 1.54) is 16.0 Å². The Kier molecular flexibility index (Phi) is 2.38. The number of para-hydroxylation sites is 2. The summed E-state index contributed by atoms with van der Waals surface area (Å²) >= 11 is 1.75. The number of nitrogens with zero attached hydrogens (tertiary/aromatic N) is 2. The summed E-state index contributed by atoms with van der Waals surface area (Å²) in [4.78, 5) is 7.02. The lowest BCUT2D eigenvalue weighted by molar-refractivity contribution is 1.07. The van der Waals surface area contributed by atoms with E-state index in [1.54, 1.807) is 11.3 Å². The Bertz CT molecular complexity index is 740. The van der Waals surface area contributed by atoms with Crippen molar-refractivity contribution in [3.8, 4) is 0 Å². The molecule has 1 aliphatic rings. The summed E-state index contributed by atoms with van der Waals surface area (Å²) in [7, 11) is 0. The van der Waals surface area contributed by atoms with Crippen LogP contribution in [-0.4, -0.2) is 11.5 Å². The van der Waals surface area contributed by atoms with Gasteiger partial charge in [0.25, 0.3) is 0 Å². The van der Waals surface area contributed by atoms with Crippen LogP contribution in [0.25, 0.3) is 16.3 Å². The molecule has 0 saturated heterocycles. The second kappa shape index (κ2) is 4.21. The van der Waals surface area contributed by atoms with Gasteiger partial charge in [0.1, 0.15) is 0 Å². The second-order valence-corrected chi connectivity index (χ2v) is 5.55. The molecule has 0 amide bonds. The van der Waals surface area contributed by atoms with Gasteiger partial charge in [0.2, 0.25) is 0 Å². The maximum absolute atomic E-state index is 4.75. The molecular formula is C16H12N2S. The first kappa shape index (κ1) is 10.8. The number of anilines is 2. The van der Waals surface area contributed by atoms with Gasteiger partial charge < -0.3 is 4.90 Å². The van der Waals surface area contributed by atoms with Gasteiger partial charge in [-0.15, -0.1) is 0 Å². The maximum Gasteiger partial charge on any atom is 0.191 e. The first-order valence-electron chi connectivity index (χ1n) is 6.30. The van der Waals surface area contributed by atoms with Crippen LogP contribution in [0.2, 0.25) is 0 Å². The van der Waals surface area contributed by atoms with Crippen LogP contribution in [0.4, 0.5) is 10.8 Å². The molecule has 0 bridgehead atoms. The quantitative estimate of drug-likeness (QED) is 0.645. The average Bonchev–Trinajstić information content (AvgIpc) is 2.90. The minimum atomic E-state index is 0.886. The zero-order valence-corrected chi connectivity index (χ0v) is 11.1. The molecule has 0 saturated carbocycles. The Morgan fingerprint density at radius 2 is 1.84 bits per heavy atom. The molecule has 0 spiro atoms. The van der Waals surface area contributed by atoms with E-state index in [2.05, 4.69) is 59.5 Å². The highest BCUT2D eigenvalue weighted by Gasteiger charge is 2.17. The molecule has 2 aromatic carbocycles. The monoisotopic (exact) mass is 264 g/mol. The molecule has 2 heterocycles. The average molecular weight is 264 g/mol. The van der Waals surface area contributed by atoms with Crippen molar-refractivity contribution in [2.45, 2.75) is 0 Å². The van der Waals surface area contributed by atoms with E-state index in [4.69, 9.17) is 4.98 Å². The lowest BCUT2D eigenvalue weighted by Gasteiger charge is -2.25. The fourth-order valence-corrected chi connectivity index (χ4v) is 3.40. The molecule has 1 aliphatic heterocycles. The molecular weight excluding hydrogens is 252 g/mol. The molecule has 0 radical (unpaired) electrons. The number of aromatic nitrogens is 1. The molecule has 0 fully saturated rings. The van der Waals surface area contributed by atoms with Gasteiger partial charge in [0.05, 0.1) is 15.9 Å². The minimum absolute atomic E-state index is 0.886. The molecule has 19 heavy (non-hydrogen) atoms. The van der Waals surface area contributed by atoms with Crippen molar-refractivity contribution in [2.24, 2.45) is 0 Å². The summed E-state index contributed by atoms with van der Waals surface area (Å²) in [5.74, 6) is 0. The number of thiazole rings is 1. The number of fused-ring (bicyclic) bond motifs is 2. The number of rotatable bonds is 1. The summed E-state index contributed by atoms with van der Waals surface area (Å²) in [6.45, 7) is 0.886. The van der Waals surface area contributed by atoms with Gasteiger partial charge >= 0.3 is 0 Å². The highest BCUT2D eigenvalue weighted by Crippen LogP contribution is 2.36. The Morgan fingerprint density at radius 3 is 2.79 bits per heavy atom.